The molecular weight excluding hydrogens is 228 g/mol. The van der Waals surface area contributed by atoms with Crippen molar-refractivity contribution in [1.29, 1.82) is 0 Å². The molecule has 4 heteroatoms. The summed E-state index contributed by atoms with van der Waals surface area (Å²) in [5.41, 5.74) is 0. The van der Waals surface area contributed by atoms with Crippen LogP contribution < -0.4 is 10.6 Å². The van der Waals surface area contributed by atoms with Crippen molar-refractivity contribution >= 4 is 5.91 Å². The van der Waals surface area contributed by atoms with Gasteiger partial charge in [-0.05, 0) is 50.0 Å². The van der Waals surface area contributed by atoms with Gasteiger partial charge in [-0.15, -0.1) is 0 Å². The van der Waals surface area contributed by atoms with E-state index in [2.05, 4.69) is 10.6 Å². The minimum atomic E-state index is 0.0713. The van der Waals surface area contributed by atoms with Gasteiger partial charge in [0.05, 0.1) is 12.6 Å². The summed E-state index contributed by atoms with van der Waals surface area (Å²) >= 11 is 0. The van der Waals surface area contributed by atoms with Gasteiger partial charge in [-0.3, -0.25) is 4.79 Å². The molecule has 4 unspecified atom stereocenters. The van der Waals surface area contributed by atoms with Gasteiger partial charge in [-0.2, -0.15) is 0 Å². The Balaban J connectivity index is 1.46. The summed E-state index contributed by atoms with van der Waals surface area (Å²) < 4.78 is 5.44. The van der Waals surface area contributed by atoms with Crippen molar-refractivity contribution in [3.63, 3.8) is 0 Å². The normalized spacial score (nSPS) is 39.6. The van der Waals surface area contributed by atoms with Crippen LogP contribution in [0.1, 0.15) is 32.1 Å². The van der Waals surface area contributed by atoms with E-state index >= 15 is 0 Å². The fourth-order valence-electron chi connectivity index (χ4n) is 3.80. The zero-order chi connectivity index (χ0) is 12.4. The number of carbonyl (C=O) groups is 1. The van der Waals surface area contributed by atoms with E-state index in [-0.39, 0.29) is 11.9 Å². The molecule has 3 rings (SSSR count). The summed E-state index contributed by atoms with van der Waals surface area (Å²) in [6.45, 7) is 3.52. The molecule has 0 spiro atoms. The molecule has 18 heavy (non-hydrogen) atoms. The van der Waals surface area contributed by atoms with Gasteiger partial charge in [0, 0.05) is 13.2 Å². The van der Waals surface area contributed by atoms with Crippen molar-refractivity contribution < 1.29 is 9.53 Å². The SMILES string of the molecule is O=C(NCC1CCCOC1)C1NCC2CCCC21. The molecular formula is C14H24N2O2. The van der Waals surface area contributed by atoms with Crippen molar-refractivity contribution in [2.45, 2.75) is 38.1 Å². The zero-order valence-electron chi connectivity index (χ0n) is 11.0. The van der Waals surface area contributed by atoms with Gasteiger partial charge in [-0.25, -0.2) is 0 Å². The highest BCUT2D eigenvalue weighted by atomic mass is 16.5. The number of carbonyl (C=O) groups excluding carboxylic acids is 1. The lowest BCUT2D eigenvalue weighted by Gasteiger charge is -2.24. The van der Waals surface area contributed by atoms with E-state index in [1.807, 2.05) is 0 Å². The highest BCUT2D eigenvalue weighted by Crippen LogP contribution is 2.37. The van der Waals surface area contributed by atoms with Gasteiger partial charge in [0.25, 0.3) is 0 Å². The van der Waals surface area contributed by atoms with Crippen LogP contribution in [0.3, 0.4) is 0 Å². The molecule has 1 saturated carbocycles. The van der Waals surface area contributed by atoms with Gasteiger partial charge < -0.3 is 15.4 Å². The molecule has 0 aromatic rings. The Bertz CT molecular complexity index is 302. The highest BCUT2D eigenvalue weighted by molar-refractivity contribution is 5.82. The Hall–Kier alpha value is -0.610. The second kappa shape index (κ2) is 5.57. The third-order valence-corrected chi connectivity index (χ3v) is 4.85. The van der Waals surface area contributed by atoms with Crippen LogP contribution in [0.25, 0.3) is 0 Å². The molecule has 0 bridgehead atoms. The largest absolute Gasteiger partial charge is 0.381 e. The van der Waals surface area contributed by atoms with Crippen LogP contribution in [-0.4, -0.2) is 38.3 Å². The number of hydrogen-bond acceptors (Lipinski definition) is 3. The van der Waals surface area contributed by atoms with E-state index < -0.39 is 0 Å². The lowest BCUT2D eigenvalue weighted by molar-refractivity contribution is -0.124. The Labute approximate surface area is 109 Å². The smallest absolute Gasteiger partial charge is 0.237 e. The second-order valence-electron chi connectivity index (χ2n) is 6.07. The minimum absolute atomic E-state index is 0.0713. The monoisotopic (exact) mass is 252 g/mol. The molecule has 0 aromatic heterocycles. The molecule has 3 aliphatic rings. The first-order chi connectivity index (χ1) is 8.84. The molecule has 4 atom stereocenters. The van der Waals surface area contributed by atoms with Gasteiger partial charge in [0.2, 0.25) is 5.91 Å². The summed E-state index contributed by atoms with van der Waals surface area (Å²) in [4.78, 5) is 12.2. The Morgan fingerprint density at radius 3 is 3.06 bits per heavy atom. The third-order valence-electron chi connectivity index (χ3n) is 4.85. The molecule has 3 fully saturated rings. The molecule has 2 heterocycles. The lowest BCUT2D eigenvalue weighted by atomic mass is 9.93. The zero-order valence-corrected chi connectivity index (χ0v) is 11.0. The van der Waals surface area contributed by atoms with Crippen LogP contribution in [0.4, 0.5) is 0 Å². The van der Waals surface area contributed by atoms with E-state index in [9.17, 15) is 4.79 Å². The molecule has 1 aliphatic carbocycles. The van der Waals surface area contributed by atoms with Gasteiger partial charge in [0.15, 0.2) is 0 Å². The van der Waals surface area contributed by atoms with E-state index in [1.54, 1.807) is 0 Å². The molecule has 0 radical (unpaired) electrons. The predicted octanol–water partition coefficient (Wildman–Crippen LogP) is 0.917. The second-order valence-corrected chi connectivity index (χ2v) is 6.07. The summed E-state index contributed by atoms with van der Waals surface area (Å²) in [5.74, 6) is 2.07. The van der Waals surface area contributed by atoms with Gasteiger partial charge >= 0.3 is 0 Å². The van der Waals surface area contributed by atoms with Gasteiger partial charge in [0.1, 0.15) is 0 Å². The van der Waals surface area contributed by atoms with Gasteiger partial charge in [-0.1, -0.05) is 6.42 Å². The number of ether oxygens (including phenoxy) is 1. The molecule has 4 nitrogen and oxygen atoms in total. The van der Waals surface area contributed by atoms with Crippen LogP contribution in [0.5, 0.6) is 0 Å². The quantitative estimate of drug-likeness (QED) is 0.785. The fraction of sp³-hybridized carbons (Fsp3) is 0.929. The maximum absolute atomic E-state index is 12.2. The van der Waals surface area contributed by atoms with Crippen LogP contribution in [-0.2, 0) is 9.53 Å². The average molecular weight is 252 g/mol. The fourth-order valence-corrected chi connectivity index (χ4v) is 3.80. The Morgan fingerprint density at radius 1 is 1.28 bits per heavy atom. The average Bonchev–Trinajstić information content (AvgIpc) is 2.99. The van der Waals surface area contributed by atoms with Crippen molar-refractivity contribution in [3.8, 4) is 0 Å². The molecule has 102 valence electrons. The number of hydrogen-bond donors (Lipinski definition) is 2. The first kappa shape index (κ1) is 12.4. The number of amides is 1. The van der Waals surface area contributed by atoms with Crippen molar-refractivity contribution in [1.82, 2.24) is 10.6 Å². The maximum atomic E-state index is 12.2. The van der Waals surface area contributed by atoms with Crippen molar-refractivity contribution in [3.05, 3.63) is 0 Å². The number of nitrogens with one attached hydrogen (secondary N) is 2. The summed E-state index contributed by atoms with van der Waals surface area (Å²) in [6, 6.07) is 0.0713. The maximum Gasteiger partial charge on any atom is 0.237 e. The minimum Gasteiger partial charge on any atom is -0.381 e. The first-order valence-electron chi connectivity index (χ1n) is 7.43. The van der Waals surface area contributed by atoms with Crippen LogP contribution in [0.2, 0.25) is 0 Å². The third kappa shape index (κ3) is 2.54. The predicted molar refractivity (Wildman–Crippen MR) is 69.2 cm³/mol. The van der Waals surface area contributed by atoms with Crippen molar-refractivity contribution in [2.24, 2.45) is 17.8 Å². The van der Waals surface area contributed by atoms with E-state index in [1.165, 1.54) is 25.7 Å². The summed E-state index contributed by atoms with van der Waals surface area (Å²) in [6.07, 6.45) is 6.15. The van der Waals surface area contributed by atoms with E-state index in [0.717, 1.165) is 38.6 Å². The summed E-state index contributed by atoms with van der Waals surface area (Å²) in [5, 5.41) is 6.53. The van der Waals surface area contributed by atoms with Crippen molar-refractivity contribution in [2.75, 3.05) is 26.3 Å². The van der Waals surface area contributed by atoms with Crippen LogP contribution >= 0.6 is 0 Å². The standard InChI is InChI=1S/C14H24N2O2/c17-14(16-7-10-3-2-6-18-9-10)13-12-5-1-4-11(12)8-15-13/h10-13,15H,1-9H2,(H,16,17). The Morgan fingerprint density at radius 2 is 2.22 bits per heavy atom. The number of fused-ring (bicyclic) bond motifs is 1. The summed E-state index contributed by atoms with van der Waals surface area (Å²) in [7, 11) is 0. The molecule has 2 saturated heterocycles. The highest BCUT2D eigenvalue weighted by Gasteiger charge is 2.42. The number of rotatable bonds is 3. The van der Waals surface area contributed by atoms with Crippen LogP contribution in [0, 0.1) is 17.8 Å². The lowest BCUT2D eigenvalue weighted by Crippen LogP contribution is -2.45. The van der Waals surface area contributed by atoms with E-state index in [4.69, 9.17) is 4.74 Å². The molecule has 2 N–H and O–H groups in total. The van der Waals surface area contributed by atoms with Crippen LogP contribution in [0.15, 0.2) is 0 Å². The Kier molecular flexibility index (Phi) is 3.85. The first-order valence-corrected chi connectivity index (χ1v) is 7.43. The molecule has 1 amide bonds. The molecule has 0 aromatic carbocycles. The molecule has 2 aliphatic heterocycles. The van der Waals surface area contributed by atoms with E-state index in [0.29, 0.717) is 11.8 Å². The topological polar surface area (TPSA) is 50.4 Å².